The third-order valence-electron chi connectivity index (χ3n) is 6.11. The third kappa shape index (κ3) is 4.95. The van der Waals surface area contributed by atoms with Crippen LogP contribution in [-0.2, 0) is 5.60 Å². The van der Waals surface area contributed by atoms with Gasteiger partial charge in [-0.25, -0.2) is 0 Å². The molecule has 2 aromatic rings. The topological polar surface area (TPSA) is 32.7 Å². The quantitative estimate of drug-likeness (QED) is 0.648. The minimum absolute atomic E-state index is 0.0407. The lowest BCUT2D eigenvalue weighted by molar-refractivity contribution is -0.0154. The van der Waals surface area contributed by atoms with E-state index in [9.17, 15) is 5.11 Å². The first-order chi connectivity index (χ1) is 13.5. The van der Waals surface area contributed by atoms with E-state index in [4.69, 9.17) is 4.74 Å². The summed E-state index contributed by atoms with van der Waals surface area (Å²) in [6.45, 7) is 7.61. The number of methoxy groups -OCH3 is 1. The van der Waals surface area contributed by atoms with Gasteiger partial charge in [0.25, 0.3) is 0 Å². The Morgan fingerprint density at radius 1 is 1.00 bits per heavy atom. The lowest BCUT2D eigenvalue weighted by Crippen LogP contribution is -2.40. The van der Waals surface area contributed by atoms with Crippen LogP contribution < -0.4 is 4.74 Å². The van der Waals surface area contributed by atoms with Gasteiger partial charge in [0, 0.05) is 12.5 Å². The van der Waals surface area contributed by atoms with Gasteiger partial charge in [-0.3, -0.25) is 0 Å². The van der Waals surface area contributed by atoms with Gasteiger partial charge < -0.3 is 14.7 Å². The number of rotatable bonds is 9. The Bertz CT molecular complexity index is 707. The lowest BCUT2D eigenvalue weighted by Gasteiger charge is -2.40. The zero-order chi connectivity index (χ0) is 20.0. The minimum Gasteiger partial charge on any atom is -0.497 e. The van der Waals surface area contributed by atoms with Gasteiger partial charge in [-0.1, -0.05) is 56.3 Å². The molecule has 1 aliphatic heterocycles. The molecule has 2 aromatic carbocycles. The summed E-state index contributed by atoms with van der Waals surface area (Å²) < 4.78 is 5.34. The van der Waals surface area contributed by atoms with Gasteiger partial charge in [-0.05, 0) is 68.0 Å². The summed E-state index contributed by atoms with van der Waals surface area (Å²) in [5.41, 5.74) is 1.30. The maximum absolute atomic E-state index is 12.2. The summed E-state index contributed by atoms with van der Waals surface area (Å²) >= 11 is 0. The molecule has 0 bridgehead atoms. The van der Waals surface area contributed by atoms with Crippen molar-refractivity contribution in [2.24, 2.45) is 5.92 Å². The summed E-state index contributed by atoms with van der Waals surface area (Å²) in [6, 6.07) is 18.6. The van der Waals surface area contributed by atoms with Crippen LogP contribution >= 0.6 is 0 Å². The number of aliphatic hydroxyl groups is 1. The van der Waals surface area contributed by atoms with Gasteiger partial charge in [0.05, 0.1) is 12.7 Å². The molecule has 0 saturated carbocycles. The maximum Gasteiger partial charge on any atom is 0.118 e. The summed E-state index contributed by atoms with van der Waals surface area (Å²) in [5, 5.41) is 12.2. The number of hydrogen-bond donors (Lipinski definition) is 1. The molecule has 1 aliphatic rings. The number of likely N-dealkylation sites (tertiary alicyclic amines) is 1. The van der Waals surface area contributed by atoms with Gasteiger partial charge in [-0.15, -0.1) is 0 Å². The molecule has 0 radical (unpaired) electrons. The Hall–Kier alpha value is -1.84. The molecule has 0 unspecified atom stereocenters. The third-order valence-corrected chi connectivity index (χ3v) is 6.11. The largest absolute Gasteiger partial charge is 0.497 e. The summed E-state index contributed by atoms with van der Waals surface area (Å²) in [4.78, 5) is 2.52. The zero-order valence-electron chi connectivity index (χ0n) is 17.6. The van der Waals surface area contributed by atoms with Crippen LogP contribution in [0.3, 0.4) is 0 Å². The Morgan fingerprint density at radius 3 is 2.21 bits per heavy atom. The van der Waals surface area contributed by atoms with Crippen molar-refractivity contribution in [1.82, 2.24) is 4.90 Å². The van der Waals surface area contributed by atoms with E-state index in [0.717, 1.165) is 43.8 Å². The highest BCUT2D eigenvalue weighted by molar-refractivity contribution is 5.35. The van der Waals surface area contributed by atoms with E-state index in [1.54, 1.807) is 7.11 Å². The van der Waals surface area contributed by atoms with Gasteiger partial charge >= 0.3 is 0 Å². The normalized spacial score (nSPS) is 18.2. The van der Waals surface area contributed by atoms with Crippen molar-refractivity contribution in [2.45, 2.75) is 51.0 Å². The highest BCUT2D eigenvalue weighted by atomic mass is 16.5. The fourth-order valence-corrected chi connectivity index (χ4v) is 4.35. The van der Waals surface area contributed by atoms with Crippen molar-refractivity contribution < 1.29 is 9.84 Å². The van der Waals surface area contributed by atoms with Crippen LogP contribution in [0.25, 0.3) is 0 Å². The molecule has 0 spiro atoms. The SMILES string of the molecule is COc1ccc([C@@](O)(CCC(C)C)[C@H](CN2CCCC2)c2ccccc2)cc1. The lowest BCUT2D eigenvalue weighted by atomic mass is 9.73. The average molecular weight is 382 g/mol. The van der Waals surface area contributed by atoms with Crippen molar-refractivity contribution in [3.05, 3.63) is 65.7 Å². The predicted octanol–water partition coefficient (Wildman–Crippen LogP) is 5.20. The molecular formula is C25H35NO2. The molecule has 28 heavy (non-hydrogen) atoms. The highest BCUT2D eigenvalue weighted by Crippen LogP contribution is 2.42. The number of nitrogens with zero attached hydrogens (tertiary/aromatic N) is 1. The second-order valence-corrected chi connectivity index (χ2v) is 8.56. The van der Waals surface area contributed by atoms with E-state index in [2.05, 4.69) is 49.1 Å². The van der Waals surface area contributed by atoms with Crippen LogP contribution in [0.4, 0.5) is 0 Å². The first-order valence-corrected chi connectivity index (χ1v) is 10.7. The Morgan fingerprint density at radius 2 is 1.64 bits per heavy atom. The first kappa shape index (κ1) is 20.9. The molecule has 152 valence electrons. The van der Waals surface area contributed by atoms with Gasteiger partial charge in [0.2, 0.25) is 0 Å². The van der Waals surface area contributed by atoms with Crippen molar-refractivity contribution >= 4 is 0 Å². The van der Waals surface area contributed by atoms with Gasteiger partial charge in [0.15, 0.2) is 0 Å². The van der Waals surface area contributed by atoms with Crippen LogP contribution in [0.2, 0.25) is 0 Å². The van der Waals surface area contributed by atoms with Crippen molar-refractivity contribution in [2.75, 3.05) is 26.7 Å². The van der Waals surface area contributed by atoms with E-state index in [0.29, 0.717) is 5.92 Å². The summed E-state index contributed by atoms with van der Waals surface area (Å²) in [5.74, 6) is 1.41. The summed E-state index contributed by atoms with van der Waals surface area (Å²) in [6.07, 6.45) is 4.26. The molecule has 1 N–H and O–H groups in total. The highest BCUT2D eigenvalue weighted by Gasteiger charge is 2.40. The zero-order valence-corrected chi connectivity index (χ0v) is 17.6. The number of benzene rings is 2. The van der Waals surface area contributed by atoms with E-state index >= 15 is 0 Å². The molecule has 1 fully saturated rings. The molecule has 0 amide bonds. The molecule has 2 atom stereocenters. The fraction of sp³-hybridized carbons (Fsp3) is 0.520. The average Bonchev–Trinajstić information content (AvgIpc) is 3.24. The molecule has 3 nitrogen and oxygen atoms in total. The Kier molecular flexibility index (Phi) is 7.14. The molecule has 0 aromatic heterocycles. The molecule has 3 heteroatoms. The predicted molar refractivity (Wildman–Crippen MR) is 116 cm³/mol. The fourth-order valence-electron chi connectivity index (χ4n) is 4.35. The molecule has 1 heterocycles. The van der Waals surface area contributed by atoms with Crippen LogP contribution in [-0.4, -0.2) is 36.8 Å². The summed E-state index contributed by atoms with van der Waals surface area (Å²) in [7, 11) is 1.68. The van der Waals surface area contributed by atoms with Crippen LogP contribution in [0.15, 0.2) is 54.6 Å². The van der Waals surface area contributed by atoms with Crippen molar-refractivity contribution in [3.8, 4) is 5.75 Å². The second kappa shape index (κ2) is 9.58. The van der Waals surface area contributed by atoms with E-state index in [-0.39, 0.29) is 5.92 Å². The molecule has 3 rings (SSSR count). The van der Waals surface area contributed by atoms with Gasteiger partial charge in [0.1, 0.15) is 5.75 Å². The minimum atomic E-state index is -0.902. The maximum atomic E-state index is 12.2. The second-order valence-electron chi connectivity index (χ2n) is 8.56. The molecule has 0 aliphatic carbocycles. The van der Waals surface area contributed by atoms with E-state index in [1.807, 2.05) is 24.3 Å². The van der Waals surface area contributed by atoms with Crippen LogP contribution in [0.1, 0.15) is 56.6 Å². The Labute approximate surface area is 170 Å². The van der Waals surface area contributed by atoms with Crippen LogP contribution in [0.5, 0.6) is 5.75 Å². The Balaban J connectivity index is 2.00. The number of ether oxygens (including phenoxy) is 1. The molecule has 1 saturated heterocycles. The van der Waals surface area contributed by atoms with Crippen LogP contribution in [0, 0.1) is 5.92 Å². The van der Waals surface area contributed by atoms with E-state index in [1.165, 1.54) is 18.4 Å². The molecular weight excluding hydrogens is 346 g/mol. The number of hydrogen-bond acceptors (Lipinski definition) is 3. The standard InChI is InChI=1S/C25H35NO2/c1-20(2)15-16-25(27,22-11-13-23(28-3)14-12-22)24(19-26-17-7-8-18-26)21-9-5-4-6-10-21/h4-6,9-14,20,24,27H,7-8,15-19H2,1-3H3/t24-,25+/m1/s1. The monoisotopic (exact) mass is 381 g/mol. The first-order valence-electron chi connectivity index (χ1n) is 10.7. The van der Waals surface area contributed by atoms with Crippen molar-refractivity contribution in [3.63, 3.8) is 0 Å². The van der Waals surface area contributed by atoms with Crippen molar-refractivity contribution in [1.29, 1.82) is 0 Å². The van der Waals surface area contributed by atoms with E-state index < -0.39 is 5.60 Å². The smallest absolute Gasteiger partial charge is 0.118 e. The van der Waals surface area contributed by atoms with Gasteiger partial charge in [-0.2, -0.15) is 0 Å².